The lowest BCUT2D eigenvalue weighted by Crippen LogP contribution is -2.49. The number of carbonyl (C=O) groups excluding carboxylic acids is 2. The minimum Gasteiger partial charge on any atom is -0.383 e. The molecule has 0 aliphatic carbocycles. The van der Waals surface area contributed by atoms with Gasteiger partial charge in [-0.1, -0.05) is 0 Å². The van der Waals surface area contributed by atoms with E-state index in [4.69, 9.17) is 4.74 Å². The number of ether oxygens (including phenoxy) is 1. The van der Waals surface area contributed by atoms with Crippen molar-refractivity contribution in [3.63, 3.8) is 0 Å². The van der Waals surface area contributed by atoms with Gasteiger partial charge in [-0.25, -0.2) is 0 Å². The summed E-state index contributed by atoms with van der Waals surface area (Å²) in [7, 11) is 1.65. The fourth-order valence-electron chi connectivity index (χ4n) is 3.41. The summed E-state index contributed by atoms with van der Waals surface area (Å²) in [4.78, 5) is 28.9. The highest BCUT2D eigenvalue weighted by atomic mass is 32.1. The molecule has 0 N–H and O–H groups in total. The lowest BCUT2D eigenvalue weighted by Gasteiger charge is -2.35. The second kappa shape index (κ2) is 6.79. The van der Waals surface area contributed by atoms with Crippen LogP contribution >= 0.6 is 11.3 Å². The van der Waals surface area contributed by atoms with Gasteiger partial charge >= 0.3 is 0 Å². The summed E-state index contributed by atoms with van der Waals surface area (Å²) < 4.78 is 5.11. The van der Waals surface area contributed by atoms with Crippen molar-refractivity contribution in [3.05, 3.63) is 22.4 Å². The van der Waals surface area contributed by atoms with Gasteiger partial charge in [-0.05, 0) is 35.2 Å². The fourth-order valence-corrected chi connectivity index (χ4v) is 4.08. The quantitative estimate of drug-likeness (QED) is 0.823. The Bertz CT molecular complexity index is 532. The Labute approximate surface area is 134 Å². The van der Waals surface area contributed by atoms with Gasteiger partial charge < -0.3 is 14.5 Å². The Kier molecular flexibility index (Phi) is 4.78. The number of thiophene rings is 1. The first-order chi connectivity index (χ1) is 10.7. The minimum absolute atomic E-state index is 0.0398. The van der Waals surface area contributed by atoms with Crippen LogP contribution in [-0.2, 0) is 20.7 Å². The summed E-state index contributed by atoms with van der Waals surface area (Å²) in [6.45, 7) is 2.41. The van der Waals surface area contributed by atoms with Crippen molar-refractivity contribution < 1.29 is 14.3 Å². The third kappa shape index (κ3) is 3.17. The zero-order valence-electron chi connectivity index (χ0n) is 12.9. The highest BCUT2D eigenvalue weighted by Gasteiger charge is 2.41. The van der Waals surface area contributed by atoms with Crippen LogP contribution in [0.25, 0.3) is 0 Å². The molecule has 3 aliphatic heterocycles. The summed E-state index contributed by atoms with van der Waals surface area (Å²) in [5, 5.41) is 4.01. The van der Waals surface area contributed by atoms with Gasteiger partial charge in [0.1, 0.15) is 0 Å². The van der Waals surface area contributed by atoms with Crippen LogP contribution in [0.2, 0.25) is 0 Å². The highest BCUT2D eigenvalue weighted by Crippen LogP contribution is 2.29. The maximum absolute atomic E-state index is 12.5. The molecular weight excluding hydrogens is 300 g/mol. The van der Waals surface area contributed by atoms with Gasteiger partial charge in [-0.15, -0.1) is 0 Å². The molecule has 3 saturated heterocycles. The third-order valence-electron chi connectivity index (χ3n) is 4.62. The molecule has 0 spiro atoms. The van der Waals surface area contributed by atoms with E-state index in [2.05, 4.69) is 0 Å². The lowest BCUT2D eigenvalue weighted by atomic mass is 9.94. The first kappa shape index (κ1) is 15.5. The molecule has 0 aromatic carbocycles. The Hall–Kier alpha value is -1.40. The lowest BCUT2D eigenvalue weighted by molar-refractivity contribution is -0.140. The zero-order valence-corrected chi connectivity index (χ0v) is 13.7. The summed E-state index contributed by atoms with van der Waals surface area (Å²) in [6, 6.07) is 2.14. The molecule has 6 heteroatoms. The normalized spacial score (nSPS) is 24.7. The van der Waals surface area contributed by atoms with Crippen LogP contribution < -0.4 is 0 Å². The van der Waals surface area contributed by atoms with E-state index in [-0.39, 0.29) is 23.8 Å². The standard InChI is InChI=1S/C16H22N2O3S/c1-21-6-5-18-14-3-2-13(16(18)20)9-17(10-14)15(19)8-12-4-7-22-11-12/h4,7,11,13-14H,2-3,5-6,8-10H2,1H3/t13-,14+/m0/s1. The number of hydrogen-bond donors (Lipinski definition) is 0. The van der Waals surface area contributed by atoms with Gasteiger partial charge in [0.05, 0.1) is 18.9 Å². The van der Waals surface area contributed by atoms with Crippen LogP contribution in [0.4, 0.5) is 0 Å². The molecule has 1 aromatic heterocycles. The molecule has 4 rings (SSSR count). The first-order valence-electron chi connectivity index (χ1n) is 7.77. The molecule has 0 radical (unpaired) electrons. The number of fused-ring (bicyclic) bond motifs is 4. The van der Waals surface area contributed by atoms with Crippen molar-refractivity contribution in [3.8, 4) is 0 Å². The zero-order chi connectivity index (χ0) is 15.5. The molecule has 5 nitrogen and oxygen atoms in total. The van der Waals surface area contributed by atoms with Crippen molar-refractivity contribution in [2.24, 2.45) is 5.92 Å². The molecule has 2 atom stereocenters. The fraction of sp³-hybridized carbons (Fsp3) is 0.625. The van der Waals surface area contributed by atoms with Crippen LogP contribution in [0.3, 0.4) is 0 Å². The number of amides is 2. The third-order valence-corrected chi connectivity index (χ3v) is 5.35. The van der Waals surface area contributed by atoms with Gasteiger partial charge in [0, 0.05) is 32.8 Å². The maximum atomic E-state index is 12.5. The van der Waals surface area contributed by atoms with Crippen LogP contribution in [-0.4, -0.2) is 61.0 Å². The van der Waals surface area contributed by atoms with Gasteiger partial charge in [0.25, 0.3) is 0 Å². The number of nitrogens with zero attached hydrogens (tertiary/aromatic N) is 2. The number of piperidine rings is 1. The Morgan fingerprint density at radius 3 is 3.00 bits per heavy atom. The van der Waals surface area contributed by atoms with Crippen molar-refractivity contribution in [1.82, 2.24) is 9.80 Å². The van der Waals surface area contributed by atoms with Crippen molar-refractivity contribution in [1.29, 1.82) is 0 Å². The summed E-state index contributed by atoms with van der Waals surface area (Å²) in [6.07, 6.45) is 2.33. The van der Waals surface area contributed by atoms with E-state index >= 15 is 0 Å². The molecule has 2 bridgehead atoms. The van der Waals surface area contributed by atoms with Crippen molar-refractivity contribution >= 4 is 23.2 Å². The van der Waals surface area contributed by atoms with E-state index in [0.717, 1.165) is 18.4 Å². The Balaban J connectivity index is 1.68. The summed E-state index contributed by atoms with van der Waals surface area (Å²) >= 11 is 1.61. The van der Waals surface area contributed by atoms with Crippen molar-refractivity contribution in [2.45, 2.75) is 25.3 Å². The molecule has 120 valence electrons. The second-order valence-electron chi connectivity index (χ2n) is 6.06. The molecule has 0 saturated carbocycles. The number of methoxy groups -OCH3 is 1. The molecule has 1 aromatic rings. The molecule has 22 heavy (non-hydrogen) atoms. The predicted octanol–water partition coefficient (Wildman–Crippen LogP) is 1.39. The van der Waals surface area contributed by atoms with E-state index in [1.165, 1.54) is 0 Å². The highest BCUT2D eigenvalue weighted by molar-refractivity contribution is 7.07. The van der Waals surface area contributed by atoms with Crippen LogP contribution in [0.5, 0.6) is 0 Å². The van der Waals surface area contributed by atoms with Gasteiger partial charge in [-0.2, -0.15) is 11.3 Å². The van der Waals surface area contributed by atoms with Gasteiger partial charge in [0.2, 0.25) is 11.8 Å². The minimum atomic E-state index is -0.0398. The van der Waals surface area contributed by atoms with E-state index in [0.29, 0.717) is 32.7 Å². The topological polar surface area (TPSA) is 49.9 Å². The Morgan fingerprint density at radius 1 is 1.41 bits per heavy atom. The summed E-state index contributed by atoms with van der Waals surface area (Å²) in [5.41, 5.74) is 1.06. The summed E-state index contributed by atoms with van der Waals surface area (Å²) in [5.74, 6) is 0.290. The van der Waals surface area contributed by atoms with Crippen molar-refractivity contribution in [2.75, 3.05) is 33.4 Å². The second-order valence-corrected chi connectivity index (χ2v) is 6.84. The number of hydrogen-bond acceptors (Lipinski definition) is 4. The van der Waals surface area contributed by atoms with Crippen LogP contribution in [0, 0.1) is 5.92 Å². The molecule has 4 heterocycles. The molecule has 3 aliphatic rings. The SMILES string of the molecule is COCCN1C(=O)[C@H]2CC[C@@H]1CN(C(=O)Cc1ccsc1)C2. The maximum Gasteiger partial charge on any atom is 0.227 e. The smallest absolute Gasteiger partial charge is 0.227 e. The van der Waals surface area contributed by atoms with Gasteiger partial charge in [-0.3, -0.25) is 9.59 Å². The number of carbonyl (C=O) groups is 2. The molecular formula is C16H22N2O3S. The predicted molar refractivity (Wildman–Crippen MR) is 84.7 cm³/mol. The van der Waals surface area contributed by atoms with E-state index < -0.39 is 0 Å². The Morgan fingerprint density at radius 2 is 2.27 bits per heavy atom. The molecule has 0 unspecified atom stereocenters. The molecule has 3 fully saturated rings. The average molecular weight is 322 g/mol. The van der Waals surface area contributed by atoms with Crippen LogP contribution in [0.15, 0.2) is 16.8 Å². The first-order valence-corrected chi connectivity index (χ1v) is 8.71. The van der Waals surface area contributed by atoms with Gasteiger partial charge in [0.15, 0.2) is 0 Å². The number of rotatable bonds is 5. The molecule has 2 amide bonds. The monoisotopic (exact) mass is 322 g/mol. The largest absolute Gasteiger partial charge is 0.383 e. The average Bonchev–Trinajstić information content (AvgIpc) is 2.86. The van der Waals surface area contributed by atoms with E-state index in [1.807, 2.05) is 26.6 Å². The van der Waals surface area contributed by atoms with E-state index in [9.17, 15) is 9.59 Å². The van der Waals surface area contributed by atoms with Crippen LogP contribution in [0.1, 0.15) is 18.4 Å². The van der Waals surface area contributed by atoms with E-state index in [1.54, 1.807) is 18.4 Å².